The van der Waals surface area contributed by atoms with Crippen LogP contribution in [0.25, 0.3) is 21.0 Å². The van der Waals surface area contributed by atoms with Gasteiger partial charge >= 0.3 is 0 Å². The molecule has 1 aromatic carbocycles. The lowest BCUT2D eigenvalue weighted by molar-refractivity contribution is 0.413. The molecule has 0 fully saturated rings. The Morgan fingerprint density at radius 2 is 2.12 bits per heavy atom. The van der Waals surface area contributed by atoms with Crippen molar-refractivity contribution in [2.24, 2.45) is 0 Å². The summed E-state index contributed by atoms with van der Waals surface area (Å²) in [6, 6.07) is 5.69. The summed E-state index contributed by atoms with van der Waals surface area (Å²) < 4.78 is 6.05. The zero-order valence-corrected chi connectivity index (χ0v) is 11.3. The number of aromatic amines is 1. The lowest BCUT2D eigenvalue weighted by Crippen LogP contribution is -2.05. The fourth-order valence-electron chi connectivity index (χ4n) is 1.91. The van der Waals surface area contributed by atoms with E-state index in [0.717, 1.165) is 25.8 Å². The third-order valence-corrected chi connectivity index (χ3v) is 4.17. The van der Waals surface area contributed by atoms with Crippen molar-refractivity contribution >= 4 is 48.3 Å². The molecular weight excluding hydrogens is 302 g/mol. The molecule has 2 aromatic heterocycles. The molecule has 1 N–H and O–H groups in total. The van der Waals surface area contributed by atoms with E-state index in [4.69, 9.17) is 4.74 Å². The van der Waals surface area contributed by atoms with Gasteiger partial charge in [-0.15, -0.1) is 11.3 Å². The number of thiophene rings is 1. The SMILES string of the molecule is COc1cc2c(cc1Br)c(=O)[nH]c1sccc12. The number of hydrogen-bond acceptors (Lipinski definition) is 3. The molecule has 0 unspecified atom stereocenters. The van der Waals surface area contributed by atoms with E-state index < -0.39 is 0 Å². The summed E-state index contributed by atoms with van der Waals surface area (Å²) in [6.45, 7) is 0. The fourth-order valence-corrected chi connectivity index (χ4v) is 3.21. The molecule has 0 spiro atoms. The van der Waals surface area contributed by atoms with E-state index in [1.54, 1.807) is 13.2 Å². The highest BCUT2D eigenvalue weighted by Crippen LogP contribution is 2.33. The summed E-state index contributed by atoms with van der Waals surface area (Å²) in [7, 11) is 1.61. The van der Waals surface area contributed by atoms with Crippen LogP contribution in [0.1, 0.15) is 0 Å². The molecule has 3 rings (SSSR count). The molecule has 2 heterocycles. The molecule has 0 aliphatic heterocycles. The quantitative estimate of drug-likeness (QED) is 0.747. The van der Waals surface area contributed by atoms with E-state index in [-0.39, 0.29) is 5.56 Å². The third kappa shape index (κ3) is 1.57. The van der Waals surface area contributed by atoms with Gasteiger partial charge in [0.2, 0.25) is 0 Å². The second-order valence-corrected chi connectivity index (χ2v) is 5.42. The van der Waals surface area contributed by atoms with E-state index in [2.05, 4.69) is 20.9 Å². The van der Waals surface area contributed by atoms with Crippen LogP contribution in [0.5, 0.6) is 5.75 Å². The van der Waals surface area contributed by atoms with E-state index in [9.17, 15) is 4.79 Å². The van der Waals surface area contributed by atoms with Crippen LogP contribution in [0.15, 0.2) is 32.8 Å². The highest BCUT2D eigenvalue weighted by molar-refractivity contribution is 9.10. The number of H-pyrrole nitrogens is 1. The van der Waals surface area contributed by atoms with Crippen LogP contribution in [-0.2, 0) is 0 Å². The number of rotatable bonds is 1. The van der Waals surface area contributed by atoms with Gasteiger partial charge in [0, 0.05) is 16.2 Å². The first-order chi connectivity index (χ1) is 8.20. The summed E-state index contributed by atoms with van der Waals surface area (Å²) in [5.74, 6) is 0.732. The van der Waals surface area contributed by atoms with Gasteiger partial charge in [0.15, 0.2) is 0 Å². The summed E-state index contributed by atoms with van der Waals surface area (Å²) in [5, 5.41) is 4.61. The lowest BCUT2D eigenvalue weighted by Gasteiger charge is -2.06. The maximum absolute atomic E-state index is 11.9. The molecule has 0 bridgehead atoms. The van der Waals surface area contributed by atoms with Crippen molar-refractivity contribution in [2.45, 2.75) is 0 Å². The minimum atomic E-state index is -0.0710. The Morgan fingerprint density at radius 1 is 1.29 bits per heavy atom. The van der Waals surface area contributed by atoms with Crippen molar-refractivity contribution in [1.82, 2.24) is 4.98 Å². The second kappa shape index (κ2) is 3.85. The fraction of sp³-hybridized carbons (Fsp3) is 0.0833. The van der Waals surface area contributed by atoms with E-state index >= 15 is 0 Å². The minimum absolute atomic E-state index is 0.0710. The Kier molecular flexibility index (Phi) is 2.45. The van der Waals surface area contributed by atoms with Gasteiger partial charge in [0.05, 0.1) is 11.6 Å². The molecular formula is C12H8BrNO2S. The number of pyridine rings is 1. The molecule has 0 saturated heterocycles. The Balaban J connectivity index is 2.58. The smallest absolute Gasteiger partial charge is 0.256 e. The average Bonchev–Trinajstić information content (AvgIpc) is 2.77. The van der Waals surface area contributed by atoms with Crippen molar-refractivity contribution in [3.05, 3.63) is 38.4 Å². The number of fused-ring (bicyclic) bond motifs is 3. The zero-order valence-electron chi connectivity index (χ0n) is 8.91. The monoisotopic (exact) mass is 309 g/mol. The van der Waals surface area contributed by atoms with Gasteiger partial charge in [-0.25, -0.2) is 0 Å². The second-order valence-electron chi connectivity index (χ2n) is 3.65. The molecule has 3 nitrogen and oxygen atoms in total. The van der Waals surface area contributed by atoms with Gasteiger partial charge < -0.3 is 9.72 Å². The molecule has 5 heteroatoms. The zero-order chi connectivity index (χ0) is 12.0. The minimum Gasteiger partial charge on any atom is -0.496 e. The molecule has 3 aromatic rings. The Hall–Kier alpha value is -1.33. The number of halogens is 1. The largest absolute Gasteiger partial charge is 0.496 e. The van der Waals surface area contributed by atoms with Crippen molar-refractivity contribution in [3.8, 4) is 5.75 Å². The van der Waals surface area contributed by atoms with Gasteiger partial charge in [-0.3, -0.25) is 4.79 Å². The molecule has 0 atom stereocenters. The molecule has 0 aliphatic carbocycles. The lowest BCUT2D eigenvalue weighted by atomic mass is 10.1. The van der Waals surface area contributed by atoms with Gasteiger partial charge in [-0.2, -0.15) is 0 Å². The Bertz CT molecular complexity index is 775. The first kappa shape index (κ1) is 10.8. The van der Waals surface area contributed by atoms with Crippen molar-refractivity contribution in [2.75, 3.05) is 7.11 Å². The van der Waals surface area contributed by atoms with Crippen LogP contribution < -0.4 is 10.3 Å². The molecule has 17 heavy (non-hydrogen) atoms. The molecule has 0 saturated carbocycles. The molecule has 0 radical (unpaired) electrons. The molecule has 0 aliphatic rings. The van der Waals surface area contributed by atoms with Crippen LogP contribution in [0, 0.1) is 0 Å². The first-order valence-electron chi connectivity index (χ1n) is 4.97. The van der Waals surface area contributed by atoms with E-state index in [1.165, 1.54) is 11.3 Å². The Morgan fingerprint density at radius 3 is 2.88 bits per heavy atom. The van der Waals surface area contributed by atoms with Crippen molar-refractivity contribution in [3.63, 3.8) is 0 Å². The van der Waals surface area contributed by atoms with Gasteiger partial charge in [0.25, 0.3) is 5.56 Å². The maximum atomic E-state index is 11.9. The summed E-state index contributed by atoms with van der Waals surface area (Å²) in [5.41, 5.74) is -0.0710. The summed E-state index contributed by atoms with van der Waals surface area (Å²) >= 11 is 4.92. The number of nitrogens with one attached hydrogen (secondary N) is 1. The number of aromatic nitrogens is 1. The topological polar surface area (TPSA) is 42.1 Å². The normalized spacial score (nSPS) is 11.2. The highest BCUT2D eigenvalue weighted by Gasteiger charge is 2.10. The molecule has 0 amide bonds. The molecule has 86 valence electrons. The van der Waals surface area contributed by atoms with Crippen LogP contribution >= 0.6 is 27.3 Å². The van der Waals surface area contributed by atoms with Gasteiger partial charge in [-0.1, -0.05) is 0 Å². The summed E-state index contributed by atoms with van der Waals surface area (Å²) in [4.78, 5) is 15.7. The number of hydrogen-bond donors (Lipinski definition) is 1. The number of methoxy groups -OCH3 is 1. The number of benzene rings is 1. The predicted octanol–water partition coefficient (Wildman–Crippen LogP) is 3.51. The summed E-state index contributed by atoms with van der Waals surface area (Å²) in [6.07, 6.45) is 0. The highest BCUT2D eigenvalue weighted by atomic mass is 79.9. The van der Waals surface area contributed by atoms with Crippen LogP contribution in [0.2, 0.25) is 0 Å². The van der Waals surface area contributed by atoms with Crippen molar-refractivity contribution in [1.29, 1.82) is 0 Å². The Labute approximate surface area is 109 Å². The first-order valence-corrected chi connectivity index (χ1v) is 6.64. The number of ether oxygens (including phenoxy) is 1. The average molecular weight is 310 g/mol. The standard InChI is InChI=1S/C12H8BrNO2S/c1-16-10-5-7-6-2-3-17-12(6)14-11(15)8(7)4-9(10)13/h2-5H,1H3,(H,14,15). The van der Waals surface area contributed by atoms with Crippen LogP contribution in [0.4, 0.5) is 0 Å². The van der Waals surface area contributed by atoms with Crippen LogP contribution in [0.3, 0.4) is 0 Å². The van der Waals surface area contributed by atoms with E-state index in [1.807, 2.05) is 17.5 Å². The maximum Gasteiger partial charge on any atom is 0.256 e. The van der Waals surface area contributed by atoms with E-state index in [0.29, 0.717) is 5.39 Å². The van der Waals surface area contributed by atoms with Crippen LogP contribution in [-0.4, -0.2) is 12.1 Å². The third-order valence-electron chi connectivity index (χ3n) is 2.72. The van der Waals surface area contributed by atoms with Gasteiger partial charge in [-0.05, 0) is 39.5 Å². The van der Waals surface area contributed by atoms with Gasteiger partial charge in [0.1, 0.15) is 10.6 Å². The van der Waals surface area contributed by atoms with Crippen molar-refractivity contribution < 1.29 is 4.74 Å². The predicted molar refractivity (Wildman–Crippen MR) is 74.2 cm³/mol.